The molecule has 1 unspecified atom stereocenters. The van der Waals surface area contributed by atoms with Gasteiger partial charge in [-0.25, -0.2) is 4.98 Å². The third kappa shape index (κ3) is 2.47. The highest BCUT2D eigenvalue weighted by Crippen LogP contribution is 2.30. The Morgan fingerprint density at radius 2 is 2.19 bits per heavy atom. The fraction of sp³-hybridized carbons (Fsp3) is 0.308. The number of hydrogen-bond donors (Lipinski definition) is 0. The van der Waals surface area contributed by atoms with E-state index in [-0.39, 0.29) is 0 Å². The molecule has 1 aromatic heterocycles. The number of imidazole rings is 1. The lowest BCUT2D eigenvalue weighted by atomic mass is 10.3. The molecule has 0 radical (unpaired) electrons. The summed E-state index contributed by atoms with van der Waals surface area (Å²) in [5.74, 6) is 0. The van der Waals surface area contributed by atoms with Crippen molar-refractivity contribution in [1.29, 1.82) is 0 Å². The zero-order valence-corrected chi connectivity index (χ0v) is 10.4. The topological polar surface area (TPSA) is 17.8 Å². The van der Waals surface area contributed by atoms with E-state index in [1.165, 1.54) is 17.0 Å². The Hall–Kier alpha value is -1.22. The molecule has 2 nitrogen and oxygen atoms in total. The first-order chi connectivity index (χ1) is 7.81. The van der Waals surface area contributed by atoms with E-state index in [1.54, 1.807) is 0 Å². The second-order valence-corrected chi connectivity index (χ2v) is 5.25. The molecule has 0 saturated carbocycles. The SMILES string of the molecule is CCC(C)Sc1ccccc1-n1ccnc1. The average molecular weight is 232 g/mol. The Labute approximate surface area is 101 Å². The lowest BCUT2D eigenvalue weighted by Crippen LogP contribution is -1.97. The van der Waals surface area contributed by atoms with Crippen molar-refractivity contribution in [3.63, 3.8) is 0 Å². The molecule has 0 amide bonds. The molecule has 1 aromatic carbocycles. The van der Waals surface area contributed by atoms with Gasteiger partial charge in [-0.05, 0) is 18.6 Å². The molecule has 0 spiro atoms. The van der Waals surface area contributed by atoms with Crippen LogP contribution in [0.4, 0.5) is 0 Å². The van der Waals surface area contributed by atoms with E-state index in [0.717, 1.165) is 0 Å². The van der Waals surface area contributed by atoms with Gasteiger partial charge in [-0.2, -0.15) is 0 Å². The van der Waals surface area contributed by atoms with Gasteiger partial charge in [-0.15, -0.1) is 11.8 Å². The summed E-state index contributed by atoms with van der Waals surface area (Å²) in [6, 6.07) is 8.46. The maximum atomic E-state index is 4.09. The van der Waals surface area contributed by atoms with Gasteiger partial charge in [0, 0.05) is 22.5 Å². The van der Waals surface area contributed by atoms with E-state index in [1.807, 2.05) is 30.5 Å². The monoisotopic (exact) mass is 232 g/mol. The Bertz CT molecular complexity index is 437. The first kappa shape index (κ1) is 11.3. The van der Waals surface area contributed by atoms with Crippen molar-refractivity contribution in [1.82, 2.24) is 9.55 Å². The third-order valence-corrected chi connectivity index (χ3v) is 3.89. The largest absolute Gasteiger partial charge is 0.305 e. The highest BCUT2D eigenvalue weighted by molar-refractivity contribution is 8.00. The molecule has 3 heteroatoms. The number of para-hydroxylation sites is 1. The molecule has 0 aliphatic rings. The second-order valence-electron chi connectivity index (χ2n) is 3.77. The van der Waals surface area contributed by atoms with Gasteiger partial charge in [-0.1, -0.05) is 26.0 Å². The van der Waals surface area contributed by atoms with Gasteiger partial charge in [0.2, 0.25) is 0 Å². The minimum Gasteiger partial charge on any atom is -0.305 e. The average Bonchev–Trinajstić information content (AvgIpc) is 2.83. The van der Waals surface area contributed by atoms with Crippen molar-refractivity contribution in [2.24, 2.45) is 0 Å². The van der Waals surface area contributed by atoms with Crippen molar-refractivity contribution in [2.45, 2.75) is 30.4 Å². The van der Waals surface area contributed by atoms with Crippen molar-refractivity contribution in [2.75, 3.05) is 0 Å². The Kier molecular flexibility index (Phi) is 3.67. The summed E-state index contributed by atoms with van der Waals surface area (Å²) >= 11 is 1.92. The fourth-order valence-corrected chi connectivity index (χ4v) is 2.52. The van der Waals surface area contributed by atoms with Crippen LogP contribution >= 0.6 is 11.8 Å². The number of rotatable bonds is 4. The van der Waals surface area contributed by atoms with Gasteiger partial charge >= 0.3 is 0 Å². The van der Waals surface area contributed by atoms with E-state index in [0.29, 0.717) is 5.25 Å². The molecule has 1 heterocycles. The van der Waals surface area contributed by atoms with Crippen LogP contribution in [0.25, 0.3) is 5.69 Å². The molecule has 0 bridgehead atoms. The highest BCUT2D eigenvalue weighted by Gasteiger charge is 2.07. The lowest BCUT2D eigenvalue weighted by molar-refractivity contribution is 0.903. The quantitative estimate of drug-likeness (QED) is 0.747. The van der Waals surface area contributed by atoms with Crippen LogP contribution in [0.1, 0.15) is 20.3 Å². The summed E-state index contributed by atoms with van der Waals surface area (Å²) in [6.45, 7) is 4.48. The maximum absolute atomic E-state index is 4.09. The van der Waals surface area contributed by atoms with E-state index < -0.39 is 0 Å². The van der Waals surface area contributed by atoms with Crippen LogP contribution in [-0.4, -0.2) is 14.8 Å². The molecule has 1 atom stereocenters. The summed E-state index contributed by atoms with van der Waals surface area (Å²) in [5.41, 5.74) is 1.21. The fourth-order valence-electron chi connectivity index (χ4n) is 1.47. The van der Waals surface area contributed by atoms with Gasteiger partial charge in [0.1, 0.15) is 0 Å². The van der Waals surface area contributed by atoms with Gasteiger partial charge < -0.3 is 4.57 Å². The van der Waals surface area contributed by atoms with Crippen LogP contribution in [0.3, 0.4) is 0 Å². The predicted octanol–water partition coefficient (Wildman–Crippen LogP) is 3.76. The van der Waals surface area contributed by atoms with E-state index in [4.69, 9.17) is 0 Å². The Morgan fingerprint density at radius 1 is 1.38 bits per heavy atom. The van der Waals surface area contributed by atoms with Gasteiger partial charge in [-0.3, -0.25) is 0 Å². The number of benzene rings is 1. The highest BCUT2D eigenvalue weighted by atomic mass is 32.2. The summed E-state index contributed by atoms with van der Waals surface area (Å²) in [4.78, 5) is 5.41. The van der Waals surface area contributed by atoms with Crippen LogP contribution in [-0.2, 0) is 0 Å². The van der Waals surface area contributed by atoms with Crippen LogP contribution in [0.2, 0.25) is 0 Å². The first-order valence-electron chi connectivity index (χ1n) is 5.55. The van der Waals surface area contributed by atoms with Crippen molar-refractivity contribution < 1.29 is 0 Å². The second kappa shape index (κ2) is 5.21. The van der Waals surface area contributed by atoms with Crippen LogP contribution < -0.4 is 0 Å². The molecule has 2 rings (SSSR count). The molecule has 0 N–H and O–H groups in total. The van der Waals surface area contributed by atoms with Crippen LogP contribution in [0, 0.1) is 0 Å². The van der Waals surface area contributed by atoms with Gasteiger partial charge in [0.25, 0.3) is 0 Å². The van der Waals surface area contributed by atoms with Crippen LogP contribution in [0.5, 0.6) is 0 Å². The minimum absolute atomic E-state index is 0.643. The zero-order chi connectivity index (χ0) is 11.4. The van der Waals surface area contributed by atoms with E-state index >= 15 is 0 Å². The molecule has 0 saturated heterocycles. The minimum atomic E-state index is 0.643. The Balaban J connectivity index is 2.31. The summed E-state index contributed by atoms with van der Waals surface area (Å²) in [7, 11) is 0. The zero-order valence-electron chi connectivity index (χ0n) is 9.63. The molecule has 84 valence electrons. The summed E-state index contributed by atoms with van der Waals surface area (Å²) in [5, 5.41) is 0.643. The van der Waals surface area contributed by atoms with Crippen molar-refractivity contribution in [3.8, 4) is 5.69 Å². The molecule has 16 heavy (non-hydrogen) atoms. The number of nitrogens with zero attached hydrogens (tertiary/aromatic N) is 2. The van der Waals surface area contributed by atoms with Crippen LogP contribution in [0.15, 0.2) is 47.9 Å². The maximum Gasteiger partial charge on any atom is 0.0992 e. The molecule has 0 aliphatic carbocycles. The number of hydrogen-bond acceptors (Lipinski definition) is 2. The molecule has 2 aromatic rings. The van der Waals surface area contributed by atoms with E-state index in [9.17, 15) is 0 Å². The normalized spacial score (nSPS) is 12.6. The van der Waals surface area contributed by atoms with Crippen molar-refractivity contribution in [3.05, 3.63) is 43.0 Å². The van der Waals surface area contributed by atoms with Crippen molar-refractivity contribution >= 4 is 11.8 Å². The lowest BCUT2D eigenvalue weighted by Gasteiger charge is -2.13. The molecule has 0 fully saturated rings. The molecule has 0 aliphatic heterocycles. The summed E-state index contributed by atoms with van der Waals surface area (Å²) < 4.78 is 2.06. The smallest absolute Gasteiger partial charge is 0.0992 e. The summed E-state index contributed by atoms with van der Waals surface area (Å²) in [6.07, 6.45) is 6.82. The standard InChI is InChI=1S/C13H16N2S/c1-3-11(2)16-13-7-5-4-6-12(13)15-9-8-14-10-15/h4-11H,3H2,1-2H3. The number of thioether (sulfide) groups is 1. The predicted molar refractivity (Wildman–Crippen MR) is 69.2 cm³/mol. The molecular formula is C13H16N2S. The molecular weight excluding hydrogens is 216 g/mol. The van der Waals surface area contributed by atoms with Gasteiger partial charge in [0.05, 0.1) is 12.0 Å². The Morgan fingerprint density at radius 3 is 2.88 bits per heavy atom. The third-order valence-electron chi connectivity index (χ3n) is 2.55. The van der Waals surface area contributed by atoms with Gasteiger partial charge in [0.15, 0.2) is 0 Å². The van der Waals surface area contributed by atoms with E-state index in [2.05, 4.69) is 47.7 Å². The first-order valence-corrected chi connectivity index (χ1v) is 6.43. The number of aromatic nitrogens is 2.